The molecule has 15 heavy (non-hydrogen) atoms. The quantitative estimate of drug-likeness (QED) is 0.664. The molecule has 0 aromatic heterocycles. The summed E-state index contributed by atoms with van der Waals surface area (Å²) in [7, 11) is 0. The number of hydrogen-bond acceptors (Lipinski definition) is 2. The molecule has 0 saturated heterocycles. The van der Waals surface area contributed by atoms with Crippen LogP contribution in [0.1, 0.15) is 33.6 Å². The van der Waals surface area contributed by atoms with Gasteiger partial charge < -0.3 is 4.74 Å². The van der Waals surface area contributed by atoms with E-state index in [0.717, 1.165) is 18.8 Å². The third kappa shape index (κ3) is 4.61. The molecule has 0 aliphatic heterocycles. The smallest absolute Gasteiger partial charge is 0.119 e. The van der Waals surface area contributed by atoms with Crippen LogP contribution in [0.25, 0.3) is 0 Å². The number of thioether (sulfide) groups is 1. The average Bonchev–Trinajstić information content (AvgIpc) is 2.28. The average molecular weight is 224 g/mol. The van der Waals surface area contributed by atoms with Gasteiger partial charge in [-0.25, -0.2) is 0 Å². The lowest BCUT2D eigenvalue weighted by Gasteiger charge is -2.09. The van der Waals surface area contributed by atoms with E-state index in [4.69, 9.17) is 4.74 Å². The second-order valence-electron chi connectivity index (χ2n) is 3.66. The summed E-state index contributed by atoms with van der Waals surface area (Å²) in [6.07, 6.45) is 2.27. The summed E-state index contributed by atoms with van der Waals surface area (Å²) in [4.78, 5) is 1.33. The second-order valence-corrected chi connectivity index (χ2v) is 5.17. The first kappa shape index (κ1) is 12.4. The zero-order valence-corrected chi connectivity index (χ0v) is 10.6. The Labute approximate surface area is 97.2 Å². The Balaban J connectivity index is 2.48. The Morgan fingerprint density at radius 2 is 1.87 bits per heavy atom. The molecule has 1 rings (SSSR count). The van der Waals surface area contributed by atoms with Crippen molar-refractivity contribution in [2.24, 2.45) is 0 Å². The van der Waals surface area contributed by atoms with Crippen molar-refractivity contribution in [1.82, 2.24) is 0 Å². The van der Waals surface area contributed by atoms with Crippen molar-refractivity contribution in [3.63, 3.8) is 0 Å². The van der Waals surface area contributed by atoms with Crippen molar-refractivity contribution in [3.05, 3.63) is 24.3 Å². The predicted molar refractivity (Wildman–Crippen MR) is 67.8 cm³/mol. The van der Waals surface area contributed by atoms with Crippen molar-refractivity contribution in [2.45, 2.75) is 43.8 Å². The van der Waals surface area contributed by atoms with Gasteiger partial charge >= 0.3 is 0 Å². The molecule has 0 heterocycles. The summed E-state index contributed by atoms with van der Waals surface area (Å²) in [5.41, 5.74) is 0. The normalized spacial score (nSPS) is 12.5. The van der Waals surface area contributed by atoms with E-state index in [1.165, 1.54) is 11.3 Å². The fraction of sp³-hybridized carbons (Fsp3) is 0.538. The fourth-order valence-corrected chi connectivity index (χ4v) is 2.07. The van der Waals surface area contributed by atoms with Crippen molar-refractivity contribution in [2.75, 3.05) is 6.61 Å². The van der Waals surface area contributed by atoms with Gasteiger partial charge in [0.2, 0.25) is 0 Å². The molecule has 0 aliphatic carbocycles. The van der Waals surface area contributed by atoms with Crippen LogP contribution in [0.5, 0.6) is 5.75 Å². The molecule has 1 nitrogen and oxygen atoms in total. The molecule has 0 saturated carbocycles. The van der Waals surface area contributed by atoms with E-state index in [-0.39, 0.29) is 0 Å². The zero-order valence-electron chi connectivity index (χ0n) is 9.82. The Bertz CT molecular complexity index is 268. The molecular formula is C13H20OS. The third-order valence-corrected chi connectivity index (χ3v) is 3.49. The van der Waals surface area contributed by atoms with Crippen LogP contribution < -0.4 is 4.74 Å². The molecule has 0 bridgehead atoms. The lowest BCUT2D eigenvalue weighted by Crippen LogP contribution is -1.95. The van der Waals surface area contributed by atoms with Crippen LogP contribution in [0.4, 0.5) is 0 Å². The summed E-state index contributed by atoms with van der Waals surface area (Å²) >= 11 is 1.92. The summed E-state index contributed by atoms with van der Waals surface area (Å²) in [6.45, 7) is 7.40. The molecule has 84 valence electrons. The van der Waals surface area contributed by atoms with Gasteiger partial charge in [0.05, 0.1) is 6.61 Å². The van der Waals surface area contributed by atoms with Gasteiger partial charge in [0, 0.05) is 10.1 Å². The molecule has 1 unspecified atom stereocenters. The van der Waals surface area contributed by atoms with Crippen molar-refractivity contribution < 1.29 is 4.74 Å². The molecule has 0 N–H and O–H groups in total. The van der Waals surface area contributed by atoms with Crippen LogP contribution in [-0.2, 0) is 0 Å². The van der Waals surface area contributed by atoms with Gasteiger partial charge in [-0.05, 0) is 37.1 Å². The van der Waals surface area contributed by atoms with Crippen molar-refractivity contribution in [3.8, 4) is 5.75 Å². The number of ether oxygens (including phenoxy) is 1. The summed E-state index contributed by atoms with van der Waals surface area (Å²) in [6, 6.07) is 8.39. The maximum Gasteiger partial charge on any atom is 0.119 e. The van der Waals surface area contributed by atoms with E-state index < -0.39 is 0 Å². The Morgan fingerprint density at radius 3 is 2.40 bits per heavy atom. The molecule has 2 heteroatoms. The maximum absolute atomic E-state index is 5.53. The Kier molecular flexibility index (Phi) is 5.62. The molecule has 0 radical (unpaired) electrons. The number of benzene rings is 1. The lowest BCUT2D eigenvalue weighted by molar-refractivity contribution is 0.317. The third-order valence-electron chi connectivity index (χ3n) is 2.21. The van der Waals surface area contributed by atoms with Gasteiger partial charge in [0.15, 0.2) is 0 Å². The minimum Gasteiger partial charge on any atom is -0.494 e. The van der Waals surface area contributed by atoms with Crippen LogP contribution in [0, 0.1) is 0 Å². The van der Waals surface area contributed by atoms with E-state index in [2.05, 4.69) is 45.0 Å². The Hall–Kier alpha value is -0.630. The van der Waals surface area contributed by atoms with Gasteiger partial charge in [-0.15, -0.1) is 11.8 Å². The van der Waals surface area contributed by atoms with E-state index >= 15 is 0 Å². The molecule has 0 amide bonds. The van der Waals surface area contributed by atoms with E-state index in [1.807, 2.05) is 11.8 Å². The standard InChI is InChI=1S/C13H20OS/c1-4-10-14-12-6-8-13(9-7-12)15-11(3)5-2/h6-9,11H,4-5,10H2,1-3H3. The van der Waals surface area contributed by atoms with Crippen LogP contribution in [0.3, 0.4) is 0 Å². The molecule has 1 aromatic carbocycles. The molecular weight excluding hydrogens is 204 g/mol. The lowest BCUT2D eigenvalue weighted by atomic mass is 10.3. The summed E-state index contributed by atoms with van der Waals surface area (Å²) in [5.74, 6) is 0.977. The van der Waals surface area contributed by atoms with Gasteiger partial charge in [-0.2, -0.15) is 0 Å². The van der Waals surface area contributed by atoms with Crippen LogP contribution in [0.15, 0.2) is 29.2 Å². The van der Waals surface area contributed by atoms with Crippen molar-refractivity contribution >= 4 is 11.8 Å². The monoisotopic (exact) mass is 224 g/mol. The molecule has 0 aliphatic rings. The highest BCUT2D eigenvalue weighted by Gasteiger charge is 2.01. The fourth-order valence-electron chi connectivity index (χ4n) is 1.15. The number of rotatable bonds is 6. The van der Waals surface area contributed by atoms with Crippen LogP contribution in [-0.4, -0.2) is 11.9 Å². The van der Waals surface area contributed by atoms with Gasteiger partial charge in [0.25, 0.3) is 0 Å². The first-order chi connectivity index (χ1) is 7.26. The van der Waals surface area contributed by atoms with E-state index in [9.17, 15) is 0 Å². The van der Waals surface area contributed by atoms with E-state index in [1.54, 1.807) is 0 Å². The minimum atomic E-state index is 0.687. The van der Waals surface area contributed by atoms with Crippen LogP contribution in [0.2, 0.25) is 0 Å². The predicted octanol–water partition coefficient (Wildman–Crippen LogP) is 4.37. The molecule has 0 fully saturated rings. The summed E-state index contributed by atoms with van der Waals surface area (Å²) < 4.78 is 5.53. The SMILES string of the molecule is CCCOc1ccc(SC(C)CC)cc1. The maximum atomic E-state index is 5.53. The highest BCUT2D eigenvalue weighted by molar-refractivity contribution is 7.99. The topological polar surface area (TPSA) is 9.23 Å². The molecule has 0 spiro atoms. The van der Waals surface area contributed by atoms with E-state index in [0.29, 0.717) is 5.25 Å². The number of hydrogen-bond donors (Lipinski definition) is 0. The van der Waals surface area contributed by atoms with Crippen molar-refractivity contribution in [1.29, 1.82) is 0 Å². The van der Waals surface area contributed by atoms with Gasteiger partial charge in [-0.1, -0.05) is 20.8 Å². The minimum absolute atomic E-state index is 0.687. The first-order valence-corrected chi connectivity index (χ1v) is 6.53. The summed E-state index contributed by atoms with van der Waals surface area (Å²) in [5, 5.41) is 0.687. The Morgan fingerprint density at radius 1 is 1.20 bits per heavy atom. The van der Waals surface area contributed by atoms with Crippen LogP contribution >= 0.6 is 11.8 Å². The molecule has 1 aromatic rings. The highest BCUT2D eigenvalue weighted by atomic mass is 32.2. The second kappa shape index (κ2) is 6.78. The van der Waals surface area contributed by atoms with Gasteiger partial charge in [-0.3, -0.25) is 0 Å². The largest absolute Gasteiger partial charge is 0.494 e. The highest BCUT2D eigenvalue weighted by Crippen LogP contribution is 2.26. The van der Waals surface area contributed by atoms with Gasteiger partial charge in [0.1, 0.15) is 5.75 Å². The molecule has 1 atom stereocenters. The zero-order chi connectivity index (χ0) is 11.1. The first-order valence-electron chi connectivity index (χ1n) is 5.65.